The standard InChI is InChI=1S/C21H17NO5/c1-13(20(23)22-15-9-10-18-19(11-15)26-12-25-18)27-21(24)17-8-4-6-14-5-2-3-7-16(14)17/h2-11,13H,12H2,1H3,(H,22,23)/t13-/m0/s1. The normalized spacial score (nSPS) is 13.2. The van der Waals surface area contributed by atoms with Gasteiger partial charge in [0, 0.05) is 11.8 Å². The minimum Gasteiger partial charge on any atom is -0.454 e. The van der Waals surface area contributed by atoms with Gasteiger partial charge in [0.25, 0.3) is 5.91 Å². The number of rotatable bonds is 4. The molecule has 27 heavy (non-hydrogen) atoms. The first kappa shape index (κ1) is 16.9. The lowest BCUT2D eigenvalue weighted by Gasteiger charge is -2.14. The summed E-state index contributed by atoms with van der Waals surface area (Å²) in [5.41, 5.74) is 0.966. The number of carbonyl (C=O) groups is 2. The number of carbonyl (C=O) groups excluding carboxylic acids is 2. The first-order valence-corrected chi connectivity index (χ1v) is 8.51. The van der Waals surface area contributed by atoms with E-state index in [1.807, 2.05) is 30.3 Å². The summed E-state index contributed by atoms with van der Waals surface area (Å²) in [5, 5.41) is 4.43. The molecule has 0 saturated carbocycles. The number of fused-ring (bicyclic) bond motifs is 2. The van der Waals surface area contributed by atoms with Crippen molar-refractivity contribution in [3.8, 4) is 11.5 Å². The molecule has 0 radical (unpaired) electrons. The first-order valence-electron chi connectivity index (χ1n) is 8.51. The molecular formula is C21H17NO5. The summed E-state index contributed by atoms with van der Waals surface area (Å²) in [6.45, 7) is 1.69. The number of benzene rings is 3. The van der Waals surface area contributed by atoms with E-state index in [1.165, 1.54) is 6.92 Å². The molecule has 1 atom stereocenters. The van der Waals surface area contributed by atoms with Gasteiger partial charge in [-0.15, -0.1) is 0 Å². The quantitative estimate of drug-likeness (QED) is 0.715. The predicted molar refractivity (Wildman–Crippen MR) is 100 cm³/mol. The maximum atomic E-state index is 12.5. The van der Waals surface area contributed by atoms with Crippen LogP contribution in [0.5, 0.6) is 11.5 Å². The topological polar surface area (TPSA) is 73.9 Å². The Morgan fingerprint density at radius 1 is 1.00 bits per heavy atom. The lowest BCUT2D eigenvalue weighted by atomic mass is 10.0. The molecule has 1 amide bonds. The average Bonchev–Trinajstić information content (AvgIpc) is 3.15. The van der Waals surface area contributed by atoms with E-state index in [4.69, 9.17) is 14.2 Å². The van der Waals surface area contributed by atoms with Crippen LogP contribution in [-0.2, 0) is 9.53 Å². The predicted octanol–water partition coefficient (Wildman–Crippen LogP) is 3.75. The molecule has 0 unspecified atom stereocenters. The zero-order valence-electron chi connectivity index (χ0n) is 14.6. The zero-order chi connectivity index (χ0) is 18.8. The molecule has 0 spiro atoms. The van der Waals surface area contributed by atoms with Crippen LogP contribution in [0.3, 0.4) is 0 Å². The van der Waals surface area contributed by atoms with Crippen LogP contribution in [0.4, 0.5) is 5.69 Å². The van der Waals surface area contributed by atoms with Crippen LogP contribution >= 0.6 is 0 Å². The third-order valence-electron chi connectivity index (χ3n) is 4.30. The Kier molecular flexibility index (Phi) is 4.38. The number of hydrogen-bond donors (Lipinski definition) is 1. The smallest absolute Gasteiger partial charge is 0.339 e. The minimum atomic E-state index is -0.957. The van der Waals surface area contributed by atoms with E-state index in [9.17, 15) is 9.59 Å². The van der Waals surface area contributed by atoms with Gasteiger partial charge >= 0.3 is 5.97 Å². The van der Waals surface area contributed by atoms with Crippen molar-refractivity contribution in [2.75, 3.05) is 12.1 Å². The molecular weight excluding hydrogens is 346 g/mol. The summed E-state index contributed by atoms with van der Waals surface area (Å²) in [7, 11) is 0. The largest absolute Gasteiger partial charge is 0.454 e. The van der Waals surface area contributed by atoms with Gasteiger partial charge < -0.3 is 19.5 Å². The van der Waals surface area contributed by atoms with Crippen LogP contribution in [-0.4, -0.2) is 24.8 Å². The molecule has 0 bridgehead atoms. The molecule has 3 aromatic carbocycles. The van der Waals surface area contributed by atoms with Crippen LogP contribution in [0, 0.1) is 0 Å². The van der Waals surface area contributed by atoms with Crippen molar-refractivity contribution in [3.63, 3.8) is 0 Å². The summed E-state index contributed by atoms with van der Waals surface area (Å²) >= 11 is 0. The highest BCUT2D eigenvalue weighted by molar-refractivity contribution is 6.05. The van der Waals surface area contributed by atoms with Crippen LogP contribution in [0.2, 0.25) is 0 Å². The maximum Gasteiger partial charge on any atom is 0.339 e. The van der Waals surface area contributed by atoms with Gasteiger partial charge in [-0.25, -0.2) is 4.79 Å². The number of esters is 1. The van der Waals surface area contributed by atoms with Crippen LogP contribution in [0.15, 0.2) is 60.7 Å². The Balaban J connectivity index is 1.45. The van der Waals surface area contributed by atoms with Gasteiger partial charge in [0.15, 0.2) is 17.6 Å². The second-order valence-electron chi connectivity index (χ2n) is 6.13. The van der Waals surface area contributed by atoms with Gasteiger partial charge in [0.1, 0.15) is 0 Å². The van der Waals surface area contributed by atoms with E-state index in [0.29, 0.717) is 22.7 Å². The SMILES string of the molecule is C[C@H](OC(=O)c1cccc2ccccc12)C(=O)Nc1ccc2c(c1)OCO2. The number of ether oxygens (including phenoxy) is 3. The van der Waals surface area contributed by atoms with Crippen molar-refractivity contribution in [1.29, 1.82) is 0 Å². The molecule has 0 saturated heterocycles. The van der Waals surface area contributed by atoms with Gasteiger partial charge in [-0.3, -0.25) is 4.79 Å². The number of anilines is 1. The van der Waals surface area contributed by atoms with Crippen molar-refractivity contribution in [1.82, 2.24) is 0 Å². The molecule has 6 heteroatoms. The molecule has 1 heterocycles. The summed E-state index contributed by atoms with van der Waals surface area (Å²) in [6.07, 6.45) is -0.957. The van der Waals surface area contributed by atoms with Crippen LogP contribution in [0.1, 0.15) is 17.3 Å². The Hall–Kier alpha value is -3.54. The maximum absolute atomic E-state index is 12.5. The van der Waals surface area contributed by atoms with Crippen LogP contribution < -0.4 is 14.8 Å². The monoisotopic (exact) mass is 363 g/mol. The molecule has 3 aromatic rings. The third-order valence-corrected chi connectivity index (χ3v) is 4.30. The summed E-state index contributed by atoms with van der Waals surface area (Å²) in [5.74, 6) is 0.222. The highest BCUT2D eigenvalue weighted by atomic mass is 16.7. The van der Waals surface area contributed by atoms with Gasteiger partial charge in [-0.05, 0) is 35.9 Å². The second kappa shape index (κ2) is 6.99. The molecule has 1 N–H and O–H groups in total. The van der Waals surface area contributed by atoms with E-state index >= 15 is 0 Å². The van der Waals surface area contributed by atoms with E-state index in [0.717, 1.165) is 10.8 Å². The fourth-order valence-electron chi connectivity index (χ4n) is 2.90. The van der Waals surface area contributed by atoms with Crippen molar-refractivity contribution in [2.45, 2.75) is 13.0 Å². The van der Waals surface area contributed by atoms with E-state index in [1.54, 1.807) is 30.3 Å². The zero-order valence-corrected chi connectivity index (χ0v) is 14.6. The summed E-state index contributed by atoms with van der Waals surface area (Å²) < 4.78 is 15.9. The summed E-state index contributed by atoms with van der Waals surface area (Å²) in [6, 6.07) is 18.0. The Morgan fingerprint density at radius 3 is 2.67 bits per heavy atom. The average molecular weight is 363 g/mol. The molecule has 4 rings (SSSR count). The van der Waals surface area contributed by atoms with Crippen molar-refractivity contribution < 1.29 is 23.8 Å². The fraction of sp³-hybridized carbons (Fsp3) is 0.143. The third kappa shape index (κ3) is 3.42. The fourth-order valence-corrected chi connectivity index (χ4v) is 2.90. The van der Waals surface area contributed by atoms with Crippen molar-refractivity contribution in [2.24, 2.45) is 0 Å². The lowest BCUT2D eigenvalue weighted by molar-refractivity contribution is -0.123. The highest BCUT2D eigenvalue weighted by Gasteiger charge is 2.21. The molecule has 1 aliphatic heterocycles. The van der Waals surface area contributed by atoms with Crippen molar-refractivity contribution >= 4 is 28.3 Å². The Labute approximate surface area is 155 Å². The van der Waals surface area contributed by atoms with Gasteiger partial charge in [0.05, 0.1) is 5.56 Å². The minimum absolute atomic E-state index is 0.159. The van der Waals surface area contributed by atoms with Gasteiger partial charge in [-0.2, -0.15) is 0 Å². The molecule has 0 aliphatic carbocycles. The highest BCUT2D eigenvalue weighted by Crippen LogP contribution is 2.34. The summed E-state index contributed by atoms with van der Waals surface area (Å²) in [4.78, 5) is 24.9. The number of hydrogen-bond acceptors (Lipinski definition) is 5. The van der Waals surface area contributed by atoms with E-state index < -0.39 is 18.0 Å². The molecule has 0 fully saturated rings. The molecule has 6 nitrogen and oxygen atoms in total. The Bertz CT molecular complexity index is 1020. The van der Waals surface area contributed by atoms with E-state index in [2.05, 4.69) is 5.32 Å². The number of nitrogens with one attached hydrogen (secondary N) is 1. The Morgan fingerprint density at radius 2 is 1.78 bits per heavy atom. The second-order valence-corrected chi connectivity index (χ2v) is 6.13. The molecule has 0 aromatic heterocycles. The molecule has 136 valence electrons. The van der Waals surface area contributed by atoms with Gasteiger partial charge in [0.2, 0.25) is 6.79 Å². The van der Waals surface area contributed by atoms with Crippen molar-refractivity contribution in [3.05, 3.63) is 66.2 Å². The van der Waals surface area contributed by atoms with Gasteiger partial charge in [-0.1, -0.05) is 36.4 Å². The van der Waals surface area contributed by atoms with Crippen LogP contribution in [0.25, 0.3) is 10.8 Å². The lowest BCUT2D eigenvalue weighted by Crippen LogP contribution is -2.30. The number of amides is 1. The first-order chi connectivity index (χ1) is 13.1. The molecule has 1 aliphatic rings. The van der Waals surface area contributed by atoms with E-state index in [-0.39, 0.29) is 6.79 Å².